The number of alkyl carbamates (subject to hydrolysis) is 1. The molecule has 2 aliphatic carbocycles. The Kier molecular flexibility index (Phi) is 6.33. The molecular formula is C29H36FN5O4. The van der Waals surface area contributed by atoms with Crippen molar-refractivity contribution in [3.63, 3.8) is 0 Å². The van der Waals surface area contributed by atoms with Crippen molar-refractivity contribution in [1.29, 1.82) is 5.26 Å². The van der Waals surface area contributed by atoms with E-state index in [-0.39, 0.29) is 48.3 Å². The van der Waals surface area contributed by atoms with E-state index in [0.29, 0.717) is 31.2 Å². The second kappa shape index (κ2) is 9.47. The molecular weight excluding hydrogens is 501 g/mol. The number of hydrogen-bond acceptors (Lipinski definition) is 6. The summed E-state index contributed by atoms with van der Waals surface area (Å²) in [4.78, 5) is 45.9. The second-order valence-corrected chi connectivity index (χ2v) is 12.8. The number of rotatable bonds is 7. The third-order valence-electron chi connectivity index (χ3n) is 8.81. The van der Waals surface area contributed by atoms with Crippen LogP contribution in [0.15, 0.2) is 24.3 Å². The Morgan fingerprint density at radius 1 is 1.18 bits per heavy atom. The van der Waals surface area contributed by atoms with Crippen LogP contribution in [-0.4, -0.2) is 81.5 Å². The van der Waals surface area contributed by atoms with Crippen LogP contribution in [0.3, 0.4) is 0 Å². The van der Waals surface area contributed by atoms with Gasteiger partial charge in [-0.2, -0.15) is 5.26 Å². The van der Waals surface area contributed by atoms with E-state index in [9.17, 15) is 24.0 Å². The maximum Gasteiger partial charge on any atom is 0.408 e. The summed E-state index contributed by atoms with van der Waals surface area (Å²) in [5.74, 6) is 0.168. The Bertz CT molecular complexity index is 1210. The van der Waals surface area contributed by atoms with E-state index in [0.717, 1.165) is 24.8 Å². The lowest BCUT2D eigenvalue weighted by Gasteiger charge is -2.40. The quantitative estimate of drug-likeness (QED) is 0.573. The molecule has 1 N–H and O–H groups in total. The van der Waals surface area contributed by atoms with Gasteiger partial charge in [-0.25, -0.2) is 9.18 Å². The number of ether oxygens (including phenoxy) is 1. The minimum Gasteiger partial charge on any atom is -0.444 e. The Hall–Kier alpha value is -3.19. The standard InChI is InChI=1S/C29H36FN5O4/c1-29(2,3)39-28(38)32-22(26(36)34-20(13-31)10-18-11-23(18)34)15-33-14-21-12-24(33)27(37)35(21)25(16-4-5-16)17-6-8-19(30)9-7-17/h6-9,16,18,20-25H,4-5,10-12,14-15H2,1-3H3,(H,32,38)/t18-,20+,21+,22+,23+,24+,25+/m1/s1. The third-order valence-corrected chi connectivity index (χ3v) is 8.81. The van der Waals surface area contributed by atoms with Gasteiger partial charge in [-0.15, -0.1) is 0 Å². The lowest BCUT2D eigenvalue weighted by atomic mass is 9.99. The molecule has 5 aliphatic rings. The first-order valence-corrected chi connectivity index (χ1v) is 14.1. The molecule has 10 heteroatoms. The summed E-state index contributed by atoms with van der Waals surface area (Å²) in [5.41, 5.74) is 0.227. The minimum atomic E-state index is -0.924. The molecule has 0 radical (unpaired) electrons. The first kappa shape index (κ1) is 26.1. The van der Waals surface area contributed by atoms with Gasteiger partial charge in [0.1, 0.15) is 23.5 Å². The number of nitrogens with zero attached hydrogens (tertiary/aromatic N) is 4. The minimum absolute atomic E-state index is 0.0121. The van der Waals surface area contributed by atoms with Gasteiger partial charge in [0.15, 0.2) is 0 Å². The number of nitriles is 1. The zero-order chi connectivity index (χ0) is 27.6. The molecule has 3 heterocycles. The normalized spacial score (nSPS) is 31.1. The van der Waals surface area contributed by atoms with Gasteiger partial charge < -0.3 is 19.9 Å². The van der Waals surface area contributed by atoms with Gasteiger partial charge in [0.05, 0.1) is 18.2 Å². The highest BCUT2D eigenvalue weighted by molar-refractivity contribution is 5.89. The van der Waals surface area contributed by atoms with E-state index < -0.39 is 23.8 Å². The van der Waals surface area contributed by atoms with Crippen molar-refractivity contribution in [3.8, 4) is 6.07 Å². The summed E-state index contributed by atoms with van der Waals surface area (Å²) in [6, 6.07) is 6.87. The molecule has 0 spiro atoms. The molecule has 208 valence electrons. The highest BCUT2D eigenvalue weighted by atomic mass is 19.1. The number of carbonyl (C=O) groups excluding carboxylic acids is 3. The predicted molar refractivity (Wildman–Crippen MR) is 138 cm³/mol. The van der Waals surface area contributed by atoms with Gasteiger partial charge >= 0.3 is 6.09 Å². The highest BCUT2D eigenvalue weighted by Crippen LogP contribution is 2.50. The van der Waals surface area contributed by atoms with E-state index in [2.05, 4.69) is 11.4 Å². The average molecular weight is 538 g/mol. The van der Waals surface area contributed by atoms with Crippen molar-refractivity contribution in [3.05, 3.63) is 35.6 Å². The number of fused-ring (bicyclic) bond motifs is 3. The summed E-state index contributed by atoms with van der Waals surface area (Å²) >= 11 is 0. The van der Waals surface area contributed by atoms with E-state index in [4.69, 9.17) is 4.74 Å². The lowest BCUT2D eigenvalue weighted by Crippen LogP contribution is -2.59. The molecule has 0 aromatic heterocycles. The van der Waals surface area contributed by atoms with Crippen LogP contribution >= 0.6 is 0 Å². The Labute approximate surface area is 228 Å². The monoisotopic (exact) mass is 537 g/mol. The summed E-state index contributed by atoms with van der Waals surface area (Å²) < 4.78 is 19.1. The maximum absolute atomic E-state index is 13.8. The van der Waals surface area contributed by atoms with Gasteiger partial charge in [-0.05, 0) is 82.4 Å². The first-order valence-electron chi connectivity index (χ1n) is 14.1. The molecule has 3 saturated heterocycles. The Morgan fingerprint density at radius 3 is 2.51 bits per heavy atom. The number of carbonyl (C=O) groups is 3. The lowest BCUT2D eigenvalue weighted by molar-refractivity contribution is -0.142. The van der Waals surface area contributed by atoms with Crippen LogP contribution in [0.5, 0.6) is 0 Å². The summed E-state index contributed by atoms with van der Waals surface area (Å²) in [6.45, 7) is 6.04. The van der Waals surface area contributed by atoms with E-state index in [1.165, 1.54) is 12.1 Å². The zero-order valence-electron chi connectivity index (χ0n) is 22.7. The first-order chi connectivity index (χ1) is 18.5. The van der Waals surface area contributed by atoms with Crippen molar-refractivity contribution in [1.82, 2.24) is 20.0 Å². The smallest absolute Gasteiger partial charge is 0.408 e. The number of hydrogen-bond donors (Lipinski definition) is 1. The molecule has 3 amide bonds. The van der Waals surface area contributed by atoms with Crippen LogP contribution in [0.1, 0.15) is 64.5 Å². The third kappa shape index (κ3) is 4.97. The Balaban J connectivity index is 1.19. The van der Waals surface area contributed by atoms with Crippen LogP contribution in [0, 0.1) is 29.0 Å². The number of nitrogens with one attached hydrogen (secondary N) is 1. The fourth-order valence-electron chi connectivity index (χ4n) is 6.93. The molecule has 6 rings (SSSR count). The number of halogens is 1. The van der Waals surface area contributed by atoms with E-state index in [1.807, 2.05) is 9.80 Å². The van der Waals surface area contributed by atoms with Crippen molar-refractivity contribution >= 4 is 17.9 Å². The average Bonchev–Trinajstić information content (AvgIpc) is 3.75. The predicted octanol–water partition coefficient (Wildman–Crippen LogP) is 2.97. The number of amides is 3. The fraction of sp³-hybridized carbons (Fsp3) is 0.655. The highest BCUT2D eigenvalue weighted by Gasteiger charge is 2.57. The largest absolute Gasteiger partial charge is 0.444 e. The van der Waals surface area contributed by atoms with Crippen molar-refractivity contribution in [2.45, 2.75) is 94.7 Å². The van der Waals surface area contributed by atoms with E-state index >= 15 is 0 Å². The Morgan fingerprint density at radius 2 is 1.90 bits per heavy atom. The summed E-state index contributed by atoms with van der Waals surface area (Å²) in [5, 5.41) is 12.4. The number of likely N-dealkylation sites (tertiary alicyclic amines) is 3. The number of piperidine rings is 1. The molecule has 7 atom stereocenters. The van der Waals surface area contributed by atoms with E-state index in [1.54, 1.807) is 37.8 Å². The molecule has 5 fully saturated rings. The molecule has 1 aromatic carbocycles. The maximum atomic E-state index is 13.8. The van der Waals surface area contributed by atoms with Gasteiger partial charge in [0.25, 0.3) is 0 Å². The van der Waals surface area contributed by atoms with Crippen molar-refractivity contribution in [2.75, 3.05) is 13.1 Å². The number of piperazine rings is 1. The second-order valence-electron chi connectivity index (χ2n) is 12.8. The molecule has 3 aliphatic heterocycles. The molecule has 9 nitrogen and oxygen atoms in total. The van der Waals surface area contributed by atoms with Crippen LogP contribution in [0.25, 0.3) is 0 Å². The van der Waals surface area contributed by atoms with Gasteiger partial charge in [-0.1, -0.05) is 12.1 Å². The van der Waals surface area contributed by atoms with Crippen molar-refractivity contribution in [2.24, 2.45) is 11.8 Å². The van der Waals surface area contributed by atoms with Gasteiger partial charge in [-0.3, -0.25) is 14.5 Å². The van der Waals surface area contributed by atoms with Gasteiger partial charge in [0, 0.05) is 25.2 Å². The van der Waals surface area contributed by atoms with Crippen LogP contribution in [-0.2, 0) is 14.3 Å². The van der Waals surface area contributed by atoms with Crippen LogP contribution < -0.4 is 5.32 Å². The topological polar surface area (TPSA) is 106 Å². The number of benzene rings is 1. The van der Waals surface area contributed by atoms with Crippen LogP contribution in [0.2, 0.25) is 0 Å². The molecule has 0 unspecified atom stereocenters. The molecule has 1 aromatic rings. The molecule has 39 heavy (non-hydrogen) atoms. The summed E-state index contributed by atoms with van der Waals surface area (Å²) in [7, 11) is 0. The fourth-order valence-corrected chi connectivity index (χ4v) is 6.93. The SMILES string of the molecule is CC(C)(C)OC(=O)N[C@@H](CN1C[C@@H]2C[C@H]1C(=O)N2[C@H](c1ccc(F)cc1)C1CC1)C(=O)N1[C@H](C#N)C[C@@H]2C[C@@H]21. The van der Waals surface area contributed by atoms with Crippen molar-refractivity contribution < 1.29 is 23.5 Å². The molecule has 2 bridgehead atoms. The zero-order valence-corrected chi connectivity index (χ0v) is 22.7. The van der Waals surface area contributed by atoms with Crippen LogP contribution in [0.4, 0.5) is 9.18 Å². The molecule has 2 saturated carbocycles. The van der Waals surface area contributed by atoms with Gasteiger partial charge in [0.2, 0.25) is 11.8 Å². The summed E-state index contributed by atoms with van der Waals surface area (Å²) in [6.07, 6.45) is 3.61.